The van der Waals surface area contributed by atoms with Crippen LogP contribution in [-0.4, -0.2) is 29.0 Å². The molecule has 4 heteroatoms. The predicted molar refractivity (Wildman–Crippen MR) is 78.8 cm³/mol. The molecule has 106 valence electrons. The maximum absolute atomic E-state index is 5.44. The van der Waals surface area contributed by atoms with Gasteiger partial charge in [-0.25, -0.2) is 4.68 Å². The molecule has 4 nitrogen and oxygen atoms in total. The first-order valence-corrected chi connectivity index (χ1v) is 7.23. The number of ether oxygens (including phenoxy) is 1. The summed E-state index contributed by atoms with van der Waals surface area (Å²) in [6, 6.07) is 11.0. The van der Waals surface area contributed by atoms with E-state index >= 15 is 0 Å². The van der Waals surface area contributed by atoms with Crippen molar-refractivity contribution in [2.45, 2.75) is 25.9 Å². The molecule has 1 saturated heterocycles. The van der Waals surface area contributed by atoms with Gasteiger partial charge >= 0.3 is 0 Å². The number of hydrogen-bond acceptors (Lipinski definition) is 3. The Hall–Kier alpha value is -1.65. The average Bonchev–Trinajstić information content (AvgIpc) is 3.18. The molecule has 1 fully saturated rings. The third-order valence-electron chi connectivity index (χ3n) is 4.01. The van der Waals surface area contributed by atoms with E-state index in [1.54, 1.807) is 6.20 Å². The average molecular weight is 271 g/mol. The number of aromatic nitrogens is 2. The third-order valence-corrected chi connectivity index (χ3v) is 4.01. The SMILES string of the molecule is CC(NCc1ccc(-n2cccn2)cc1)C1CCOC1. The lowest BCUT2D eigenvalue weighted by molar-refractivity contribution is 0.178. The molecule has 3 rings (SSSR count). The maximum Gasteiger partial charge on any atom is 0.0645 e. The molecule has 0 radical (unpaired) electrons. The smallest absolute Gasteiger partial charge is 0.0645 e. The van der Waals surface area contributed by atoms with Crippen molar-refractivity contribution in [3.63, 3.8) is 0 Å². The molecule has 1 aromatic carbocycles. The molecule has 0 saturated carbocycles. The van der Waals surface area contributed by atoms with Gasteiger partial charge in [-0.1, -0.05) is 12.1 Å². The van der Waals surface area contributed by atoms with Gasteiger partial charge in [0.1, 0.15) is 0 Å². The van der Waals surface area contributed by atoms with E-state index in [9.17, 15) is 0 Å². The van der Waals surface area contributed by atoms with Gasteiger partial charge < -0.3 is 10.1 Å². The van der Waals surface area contributed by atoms with Crippen LogP contribution in [0.3, 0.4) is 0 Å². The molecule has 0 aliphatic carbocycles. The van der Waals surface area contributed by atoms with E-state index in [4.69, 9.17) is 4.74 Å². The molecule has 20 heavy (non-hydrogen) atoms. The minimum Gasteiger partial charge on any atom is -0.381 e. The largest absolute Gasteiger partial charge is 0.381 e. The zero-order valence-electron chi connectivity index (χ0n) is 11.8. The van der Waals surface area contributed by atoms with E-state index in [-0.39, 0.29) is 0 Å². The Kier molecular flexibility index (Phi) is 4.14. The van der Waals surface area contributed by atoms with Crippen molar-refractivity contribution < 1.29 is 4.74 Å². The van der Waals surface area contributed by atoms with Crippen LogP contribution < -0.4 is 5.32 Å². The van der Waals surface area contributed by atoms with E-state index in [0.29, 0.717) is 12.0 Å². The summed E-state index contributed by atoms with van der Waals surface area (Å²) >= 11 is 0. The maximum atomic E-state index is 5.44. The molecule has 2 heterocycles. The fourth-order valence-corrected chi connectivity index (χ4v) is 2.58. The minimum absolute atomic E-state index is 0.503. The number of nitrogens with one attached hydrogen (secondary N) is 1. The highest BCUT2D eigenvalue weighted by Crippen LogP contribution is 2.17. The second-order valence-electron chi connectivity index (χ2n) is 5.41. The number of nitrogens with zero attached hydrogens (tertiary/aromatic N) is 2. The summed E-state index contributed by atoms with van der Waals surface area (Å²) in [5, 5.41) is 7.82. The molecule has 1 aromatic heterocycles. The van der Waals surface area contributed by atoms with E-state index in [1.807, 2.05) is 16.9 Å². The molecule has 2 atom stereocenters. The standard InChI is InChI=1S/C16H21N3O/c1-13(15-7-10-20-12-15)17-11-14-3-5-16(6-4-14)19-9-2-8-18-19/h2-6,8-9,13,15,17H,7,10-12H2,1H3. The molecule has 0 spiro atoms. The monoisotopic (exact) mass is 271 g/mol. The Morgan fingerprint density at radius 2 is 2.25 bits per heavy atom. The van der Waals surface area contributed by atoms with Crippen LogP contribution in [-0.2, 0) is 11.3 Å². The summed E-state index contributed by atoms with van der Waals surface area (Å²) in [5.74, 6) is 0.651. The van der Waals surface area contributed by atoms with Crippen LogP contribution in [0, 0.1) is 5.92 Å². The lowest BCUT2D eigenvalue weighted by Crippen LogP contribution is -2.33. The molecule has 0 amide bonds. The van der Waals surface area contributed by atoms with Crippen molar-refractivity contribution in [1.82, 2.24) is 15.1 Å². The van der Waals surface area contributed by atoms with Crippen molar-refractivity contribution >= 4 is 0 Å². The van der Waals surface area contributed by atoms with Gasteiger partial charge in [-0.3, -0.25) is 0 Å². The molecule has 2 aromatic rings. The van der Waals surface area contributed by atoms with Gasteiger partial charge in [-0.15, -0.1) is 0 Å². The number of hydrogen-bond donors (Lipinski definition) is 1. The second-order valence-corrected chi connectivity index (χ2v) is 5.41. The normalized spacial score (nSPS) is 20.1. The van der Waals surface area contributed by atoms with Crippen molar-refractivity contribution in [1.29, 1.82) is 0 Å². The Labute approximate surface area is 119 Å². The van der Waals surface area contributed by atoms with E-state index < -0.39 is 0 Å². The van der Waals surface area contributed by atoms with E-state index in [1.165, 1.54) is 12.0 Å². The van der Waals surface area contributed by atoms with Gasteiger partial charge in [0.05, 0.1) is 12.3 Å². The molecule has 2 unspecified atom stereocenters. The van der Waals surface area contributed by atoms with Crippen molar-refractivity contribution in [2.24, 2.45) is 5.92 Å². The van der Waals surface area contributed by atoms with Gasteiger partial charge in [-0.2, -0.15) is 5.10 Å². The third kappa shape index (κ3) is 3.08. The summed E-state index contributed by atoms with van der Waals surface area (Å²) in [5.41, 5.74) is 2.39. The van der Waals surface area contributed by atoms with Gasteiger partial charge in [0.25, 0.3) is 0 Å². The highest BCUT2D eigenvalue weighted by Gasteiger charge is 2.21. The van der Waals surface area contributed by atoms with Gasteiger partial charge in [0.15, 0.2) is 0 Å². The summed E-state index contributed by atoms with van der Waals surface area (Å²) in [6.07, 6.45) is 4.92. The van der Waals surface area contributed by atoms with Crippen LogP contribution in [0.25, 0.3) is 5.69 Å². The number of rotatable bonds is 5. The second kappa shape index (κ2) is 6.20. The van der Waals surface area contributed by atoms with Crippen LogP contribution in [0.1, 0.15) is 18.9 Å². The highest BCUT2D eigenvalue weighted by molar-refractivity contribution is 5.33. The summed E-state index contributed by atoms with van der Waals surface area (Å²) in [6.45, 7) is 4.95. The first kappa shape index (κ1) is 13.3. The summed E-state index contributed by atoms with van der Waals surface area (Å²) < 4.78 is 7.31. The van der Waals surface area contributed by atoms with Gasteiger partial charge in [0.2, 0.25) is 0 Å². The van der Waals surface area contributed by atoms with E-state index in [0.717, 1.165) is 25.4 Å². The first-order valence-electron chi connectivity index (χ1n) is 7.23. The van der Waals surface area contributed by atoms with Crippen LogP contribution in [0.5, 0.6) is 0 Å². The zero-order valence-corrected chi connectivity index (χ0v) is 11.8. The molecule has 1 aliphatic rings. The van der Waals surface area contributed by atoms with Crippen LogP contribution in [0.15, 0.2) is 42.7 Å². The van der Waals surface area contributed by atoms with Gasteiger partial charge in [-0.05, 0) is 43.0 Å². The topological polar surface area (TPSA) is 39.1 Å². The van der Waals surface area contributed by atoms with Crippen LogP contribution >= 0.6 is 0 Å². The Bertz CT molecular complexity index is 515. The summed E-state index contributed by atoms with van der Waals surface area (Å²) in [4.78, 5) is 0. The van der Waals surface area contributed by atoms with E-state index in [2.05, 4.69) is 41.6 Å². The first-order chi connectivity index (χ1) is 9.83. The molecule has 1 N–H and O–H groups in total. The van der Waals surface area contributed by atoms with Gasteiger partial charge in [0, 0.05) is 31.6 Å². The lowest BCUT2D eigenvalue weighted by Gasteiger charge is -2.19. The molecule has 0 bridgehead atoms. The van der Waals surface area contributed by atoms with Crippen molar-refractivity contribution in [2.75, 3.05) is 13.2 Å². The predicted octanol–water partition coefficient (Wildman–Crippen LogP) is 2.39. The zero-order chi connectivity index (χ0) is 13.8. The van der Waals surface area contributed by atoms with Crippen LogP contribution in [0.4, 0.5) is 0 Å². The Morgan fingerprint density at radius 1 is 1.40 bits per heavy atom. The fraction of sp³-hybridized carbons (Fsp3) is 0.438. The van der Waals surface area contributed by atoms with Crippen molar-refractivity contribution in [3.05, 3.63) is 48.3 Å². The fourth-order valence-electron chi connectivity index (χ4n) is 2.58. The molecular formula is C16H21N3O. The molecule has 1 aliphatic heterocycles. The lowest BCUT2D eigenvalue weighted by atomic mass is 10.0. The summed E-state index contributed by atoms with van der Waals surface area (Å²) in [7, 11) is 0. The Morgan fingerprint density at radius 3 is 2.90 bits per heavy atom. The number of benzene rings is 1. The van der Waals surface area contributed by atoms with Crippen molar-refractivity contribution in [3.8, 4) is 5.69 Å². The Balaban J connectivity index is 1.55. The highest BCUT2D eigenvalue weighted by atomic mass is 16.5. The minimum atomic E-state index is 0.503. The van der Waals surface area contributed by atoms with Crippen LogP contribution in [0.2, 0.25) is 0 Å². The molecular weight excluding hydrogens is 250 g/mol. The quantitative estimate of drug-likeness (QED) is 0.907.